The summed E-state index contributed by atoms with van der Waals surface area (Å²) in [6, 6.07) is 10.4. The van der Waals surface area contributed by atoms with E-state index in [9.17, 15) is 22.8 Å². The number of nitrogens with zero attached hydrogens (tertiary/aromatic N) is 3. The zero-order chi connectivity index (χ0) is 24.3. The Hall–Kier alpha value is -3.69. The number of carbonyl (C=O) groups excluding carboxylic acids is 1. The lowest BCUT2D eigenvalue weighted by molar-refractivity contribution is -0.137. The number of aromatic nitrogens is 3. The minimum atomic E-state index is -4.43. The lowest BCUT2D eigenvalue weighted by atomic mass is 10.0. The average Bonchev–Trinajstić information content (AvgIpc) is 3.17. The van der Waals surface area contributed by atoms with Crippen molar-refractivity contribution in [3.05, 3.63) is 82.2 Å². The van der Waals surface area contributed by atoms with Crippen molar-refractivity contribution in [3.63, 3.8) is 0 Å². The average molecular weight is 460 g/mol. The molecule has 0 aliphatic rings. The number of hydrogen-bond acceptors (Lipinski definition) is 4. The number of carboxylic acid groups (broad SMARTS) is 1. The Kier molecular flexibility index (Phi) is 6.85. The Balaban J connectivity index is 1.83. The monoisotopic (exact) mass is 460 g/mol. The standard InChI is InChI=1S/C23H23F3N4O3/c1-13(2)19-20(21(31)27-14(3)16-6-8-17(9-7-16)22(32)33)30(29-28-19)12-15-4-10-18(11-5-15)23(24,25)26/h4-11,13-14H,12H2,1-3H3,(H,27,31)(H,32,33)/t14-/m0/s1. The molecule has 0 saturated carbocycles. The Bertz CT molecular complexity index is 1140. The van der Waals surface area contributed by atoms with Crippen molar-refractivity contribution in [1.82, 2.24) is 20.3 Å². The van der Waals surface area contributed by atoms with E-state index in [0.29, 0.717) is 16.8 Å². The van der Waals surface area contributed by atoms with E-state index in [1.807, 2.05) is 13.8 Å². The van der Waals surface area contributed by atoms with Crippen LogP contribution in [0.25, 0.3) is 0 Å². The van der Waals surface area contributed by atoms with Gasteiger partial charge >= 0.3 is 12.1 Å². The van der Waals surface area contributed by atoms with E-state index in [1.165, 1.54) is 28.9 Å². The minimum Gasteiger partial charge on any atom is -0.478 e. The molecule has 10 heteroatoms. The van der Waals surface area contributed by atoms with Gasteiger partial charge in [-0.3, -0.25) is 4.79 Å². The molecule has 2 N–H and O–H groups in total. The van der Waals surface area contributed by atoms with Gasteiger partial charge in [0.25, 0.3) is 5.91 Å². The first kappa shape index (κ1) is 24.0. The summed E-state index contributed by atoms with van der Waals surface area (Å²) in [4.78, 5) is 24.2. The summed E-state index contributed by atoms with van der Waals surface area (Å²) in [6.45, 7) is 5.55. The SMILES string of the molecule is CC(C)c1nnn(Cc2ccc(C(F)(F)F)cc2)c1C(=O)N[C@@H](C)c1ccc(C(=O)O)cc1. The molecule has 0 radical (unpaired) electrons. The molecule has 1 heterocycles. The van der Waals surface area contributed by atoms with E-state index in [2.05, 4.69) is 15.6 Å². The quantitative estimate of drug-likeness (QED) is 0.535. The normalized spacial score (nSPS) is 12.6. The highest BCUT2D eigenvalue weighted by molar-refractivity contribution is 5.94. The number of halogens is 3. The molecule has 33 heavy (non-hydrogen) atoms. The Morgan fingerprint density at radius 2 is 1.64 bits per heavy atom. The van der Waals surface area contributed by atoms with Gasteiger partial charge in [-0.2, -0.15) is 13.2 Å². The first-order chi connectivity index (χ1) is 15.5. The molecule has 1 aromatic heterocycles. The number of nitrogens with one attached hydrogen (secondary N) is 1. The zero-order valence-electron chi connectivity index (χ0n) is 18.2. The molecule has 0 aliphatic heterocycles. The number of benzene rings is 2. The maximum atomic E-state index is 13.1. The van der Waals surface area contributed by atoms with Gasteiger partial charge in [0.1, 0.15) is 5.69 Å². The highest BCUT2D eigenvalue weighted by Gasteiger charge is 2.30. The van der Waals surface area contributed by atoms with Gasteiger partial charge in [0, 0.05) is 0 Å². The second-order valence-corrected chi connectivity index (χ2v) is 7.95. The van der Waals surface area contributed by atoms with Gasteiger partial charge < -0.3 is 10.4 Å². The molecule has 0 unspecified atom stereocenters. The minimum absolute atomic E-state index is 0.0717. The van der Waals surface area contributed by atoms with Gasteiger partial charge in [-0.15, -0.1) is 5.10 Å². The topological polar surface area (TPSA) is 97.1 Å². The van der Waals surface area contributed by atoms with Gasteiger partial charge in [0.15, 0.2) is 0 Å². The molecular weight excluding hydrogens is 437 g/mol. The number of carbonyl (C=O) groups is 2. The molecule has 2 aromatic carbocycles. The lowest BCUT2D eigenvalue weighted by Gasteiger charge is -2.16. The van der Waals surface area contributed by atoms with Crippen molar-refractivity contribution >= 4 is 11.9 Å². The maximum absolute atomic E-state index is 13.1. The fourth-order valence-electron chi connectivity index (χ4n) is 3.29. The number of aromatic carboxylic acids is 1. The summed E-state index contributed by atoms with van der Waals surface area (Å²) in [5.74, 6) is -1.60. The van der Waals surface area contributed by atoms with Gasteiger partial charge in [0.05, 0.1) is 29.4 Å². The van der Waals surface area contributed by atoms with Crippen LogP contribution in [0, 0.1) is 0 Å². The molecule has 0 aliphatic carbocycles. The summed E-state index contributed by atoms with van der Waals surface area (Å²) >= 11 is 0. The van der Waals surface area contributed by atoms with Crippen molar-refractivity contribution in [2.45, 2.75) is 45.5 Å². The highest BCUT2D eigenvalue weighted by Crippen LogP contribution is 2.29. The molecule has 3 aromatic rings. The zero-order valence-corrected chi connectivity index (χ0v) is 18.2. The van der Waals surface area contributed by atoms with E-state index < -0.39 is 29.7 Å². The second kappa shape index (κ2) is 9.43. The molecule has 3 rings (SSSR count). The van der Waals surface area contributed by atoms with Crippen LogP contribution < -0.4 is 5.32 Å². The van der Waals surface area contributed by atoms with Crippen LogP contribution in [0.4, 0.5) is 13.2 Å². The van der Waals surface area contributed by atoms with Gasteiger partial charge in [-0.1, -0.05) is 43.3 Å². The number of rotatable bonds is 7. The number of amides is 1. The Labute approximate surface area is 188 Å². The summed E-state index contributed by atoms with van der Waals surface area (Å²) in [5.41, 5.74) is 1.31. The van der Waals surface area contributed by atoms with Crippen molar-refractivity contribution in [1.29, 1.82) is 0 Å². The van der Waals surface area contributed by atoms with Gasteiger partial charge in [0.2, 0.25) is 0 Å². The highest BCUT2D eigenvalue weighted by atomic mass is 19.4. The summed E-state index contributed by atoms with van der Waals surface area (Å²) in [6.07, 6.45) is -4.43. The molecule has 7 nitrogen and oxygen atoms in total. The van der Waals surface area contributed by atoms with Crippen LogP contribution in [0.15, 0.2) is 48.5 Å². The molecular formula is C23H23F3N4O3. The number of carboxylic acids is 1. The third-order valence-electron chi connectivity index (χ3n) is 5.14. The first-order valence-corrected chi connectivity index (χ1v) is 10.2. The van der Waals surface area contributed by atoms with E-state index in [1.54, 1.807) is 19.1 Å². The third-order valence-corrected chi connectivity index (χ3v) is 5.14. The molecule has 1 amide bonds. The summed E-state index contributed by atoms with van der Waals surface area (Å²) < 4.78 is 39.8. The van der Waals surface area contributed by atoms with Gasteiger partial charge in [-0.25, -0.2) is 9.48 Å². The van der Waals surface area contributed by atoms with Crippen molar-refractivity contribution in [2.24, 2.45) is 0 Å². The fourth-order valence-corrected chi connectivity index (χ4v) is 3.29. The number of hydrogen-bond donors (Lipinski definition) is 2. The largest absolute Gasteiger partial charge is 0.478 e. The predicted octanol–water partition coefficient (Wildman–Crippen LogP) is 4.66. The van der Waals surface area contributed by atoms with Crippen LogP contribution in [-0.2, 0) is 12.7 Å². The Morgan fingerprint density at radius 3 is 2.15 bits per heavy atom. The molecule has 174 valence electrons. The van der Waals surface area contributed by atoms with Crippen molar-refractivity contribution in [2.75, 3.05) is 0 Å². The smallest absolute Gasteiger partial charge is 0.416 e. The van der Waals surface area contributed by atoms with Crippen molar-refractivity contribution < 1.29 is 27.9 Å². The molecule has 1 atom stereocenters. The summed E-state index contributed by atoms with van der Waals surface area (Å²) in [5, 5.41) is 20.1. The summed E-state index contributed by atoms with van der Waals surface area (Å²) in [7, 11) is 0. The van der Waals surface area contributed by atoms with E-state index in [-0.39, 0.29) is 23.7 Å². The number of alkyl halides is 3. The lowest BCUT2D eigenvalue weighted by Crippen LogP contribution is -2.30. The van der Waals surface area contributed by atoms with Crippen LogP contribution in [0.2, 0.25) is 0 Å². The van der Waals surface area contributed by atoms with Crippen molar-refractivity contribution in [3.8, 4) is 0 Å². The Morgan fingerprint density at radius 1 is 1.03 bits per heavy atom. The predicted molar refractivity (Wildman–Crippen MR) is 114 cm³/mol. The van der Waals surface area contributed by atoms with Crippen LogP contribution in [-0.4, -0.2) is 32.0 Å². The van der Waals surface area contributed by atoms with E-state index in [4.69, 9.17) is 5.11 Å². The fraction of sp³-hybridized carbons (Fsp3) is 0.304. The maximum Gasteiger partial charge on any atom is 0.416 e. The van der Waals surface area contributed by atoms with Crippen LogP contribution in [0.3, 0.4) is 0 Å². The third kappa shape index (κ3) is 5.57. The van der Waals surface area contributed by atoms with Gasteiger partial charge in [-0.05, 0) is 48.2 Å². The van der Waals surface area contributed by atoms with Crippen LogP contribution in [0.5, 0.6) is 0 Å². The van der Waals surface area contributed by atoms with Crippen LogP contribution in [0.1, 0.15) is 76.0 Å². The second-order valence-electron chi connectivity index (χ2n) is 7.95. The molecule has 0 fully saturated rings. The van der Waals surface area contributed by atoms with Crippen LogP contribution >= 0.6 is 0 Å². The molecule has 0 spiro atoms. The van der Waals surface area contributed by atoms with E-state index >= 15 is 0 Å². The molecule has 0 bridgehead atoms. The first-order valence-electron chi connectivity index (χ1n) is 10.2. The van der Waals surface area contributed by atoms with E-state index in [0.717, 1.165) is 12.1 Å². The molecule has 0 saturated heterocycles.